The molecule has 1 aliphatic heterocycles. The summed E-state index contributed by atoms with van der Waals surface area (Å²) >= 11 is 0. The largest absolute Gasteiger partial charge is 0.370 e. The van der Waals surface area contributed by atoms with E-state index in [1.165, 1.54) is 0 Å². The standard InChI is InChI=1S/C33H42N4O2/c34-32(35)36-20-23-8-7-9-24(18-23)21-37(31(38)27-16-15-25-10-1-2-11-26(25)19-27)22-33-17-6-5-13-29(33)28-12-3-4-14-30(28)39-33/h1-6,10-11,15-16,19,23-24,28-30H,7-9,12-14,17-18,20-22H2,(H4,34,35,36). The van der Waals surface area contributed by atoms with E-state index in [9.17, 15) is 4.79 Å². The molecule has 39 heavy (non-hydrogen) atoms. The molecule has 6 atom stereocenters. The third kappa shape index (κ3) is 5.49. The second kappa shape index (κ2) is 11.2. The number of guanidine groups is 1. The molecule has 4 N–H and O–H groups in total. The summed E-state index contributed by atoms with van der Waals surface area (Å²) in [6.45, 7) is 2.07. The predicted molar refractivity (Wildman–Crippen MR) is 157 cm³/mol. The van der Waals surface area contributed by atoms with Crippen LogP contribution in [0.15, 0.2) is 71.8 Å². The van der Waals surface area contributed by atoms with Crippen LogP contribution in [0.5, 0.6) is 0 Å². The Morgan fingerprint density at radius 1 is 0.974 bits per heavy atom. The Hall–Kier alpha value is -3.12. The van der Waals surface area contributed by atoms with E-state index in [2.05, 4.69) is 58.5 Å². The minimum Gasteiger partial charge on any atom is -0.370 e. The average molecular weight is 527 g/mol. The number of carbonyl (C=O) groups is 1. The zero-order valence-electron chi connectivity index (χ0n) is 22.9. The molecule has 1 heterocycles. The number of allylic oxidation sites excluding steroid dienone is 2. The van der Waals surface area contributed by atoms with Gasteiger partial charge in [0.1, 0.15) is 0 Å². The molecule has 0 radical (unpaired) electrons. The minimum absolute atomic E-state index is 0.117. The molecule has 0 bridgehead atoms. The number of benzene rings is 2. The molecule has 2 fully saturated rings. The summed E-state index contributed by atoms with van der Waals surface area (Å²) in [6.07, 6.45) is 17.9. The lowest BCUT2D eigenvalue weighted by Crippen LogP contribution is -2.51. The molecule has 6 nitrogen and oxygen atoms in total. The number of nitrogens with zero attached hydrogens (tertiary/aromatic N) is 2. The molecule has 0 spiro atoms. The molecule has 1 amide bonds. The van der Waals surface area contributed by atoms with Crippen LogP contribution in [-0.2, 0) is 4.74 Å². The van der Waals surface area contributed by atoms with Crippen LogP contribution in [0.2, 0.25) is 0 Å². The number of aliphatic imine (C=N–C) groups is 1. The van der Waals surface area contributed by atoms with E-state index in [-0.39, 0.29) is 23.6 Å². The normalized spacial score (nSPS) is 31.4. The Labute approximate surface area is 232 Å². The topological polar surface area (TPSA) is 93.9 Å². The Kier molecular flexibility index (Phi) is 7.48. The molecule has 2 aromatic carbocycles. The van der Waals surface area contributed by atoms with Gasteiger partial charge in [0, 0.05) is 18.7 Å². The first kappa shape index (κ1) is 26.1. The van der Waals surface area contributed by atoms with Crippen molar-refractivity contribution in [2.24, 2.45) is 40.1 Å². The number of hydrogen-bond donors (Lipinski definition) is 2. The van der Waals surface area contributed by atoms with Gasteiger partial charge in [-0.3, -0.25) is 9.79 Å². The molecule has 1 saturated carbocycles. The Morgan fingerprint density at radius 2 is 1.77 bits per heavy atom. The summed E-state index contributed by atoms with van der Waals surface area (Å²) in [4.78, 5) is 20.8. The maximum Gasteiger partial charge on any atom is 0.253 e. The van der Waals surface area contributed by atoms with Crippen molar-refractivity contribution in [1.29, 1.82) is 0 Å². The first-order valence-electron chi connectivity index (χ1n) is 14.8. The van der Waals surface area contributed by atoms with Crippen molar-refractivity contribution in [3.05, 3.63) is 72.3 Å². The first-order chi connectivity index (χ1) is 19.0. The Morgan fingerprint density at radius 3 is 2.64 bits per heavy atom. The lowest BCUT2D eigenvalue weighted by atomic mass is 9.70. The summed E-state index contributed by atoms with van der Waals surface area (Å²) in [5.74, 6) is 2.16. The highest BCUT2D eigenvalue weighted by atomic mass is 16.5. The Bertz CT molecular complexity index is 1280. The summed E-state index contributed by atoms with van der Waals surface area (Å²) in [5, 5.41) is 2.26. The highest BCUT2D eigenvalue weighted by Crippen LogP contribution is 2.51. The predicted octanol–water partition coefficient (Wildman–Crippen LogP) is 5.43. The quantitative estimate of drug-likeness (QED) is 0.286. The van der Waals surface area contributed by atoms with Gasteiger partial charge in [-0.25, -0.2) is 0 Å². The molecule has 206 valence electrons. The maximum atomic E-state index is 14.3. The smallest absolute Gasteiger partial charge is 0.253 e. The lowest BCUT2D eigenvalue weighted by molar-refractivity contribution is -0.0750. The fraction of sp³-hybridized carbons (Fsp3) is 0.515. The van der Waals surface area contributed by atoms with Crippen molar-refractivity contribution in [3.8, 4) is 0 Å². The van der Waals surface area contributed by atoms with E-state index in [4.69, 9.17) is 16.2 Å². The molecule has 2 aromatic rings. The third-order valence-electron chi connectivity index (χ3n) is 9.66. The molecular formula is C33H42N4O2. The van der Waals surface area contributed by atoms with Crippen LogP contribution in [0.1, 0.15) is 61.7 Å². The van der Waals surface area contributed by atoms with Gasteiger partial charge in [0.25, 0.3) is 5.91 Å². The van der Waals surface area contributed by atoms with Gasteiger partial charge in [0.2, 0.25) is 0 Å². The van der Waals surface area contributed by atoms with Crippen LogP contribution in [0.3, 0.4) is 0 Å². The number of nitrogens with two attached hydrogens (primary N) is 2. The average Bonchev–Trinajstić information content (AvgIpc) is 3.29. The molecule has 0 aromatic heterocycles. The molecule has 1 saturated heterocycles. The second-order valence-corrected chi connectivity index (χ2v) is 12.3. The fourth-order valence-electron chi connectivity index (χ4n) is 7.81. The van der Waals surface area contributed by atoms with E-state index in [1.807, 2.05) is 18.2 Å². The summed E-state index contributed by atoms with van der Waals surface area (Å²) < 4.78 is 6.98. The van der Waals surface area contributed by atoms with Crippen LogP contribution in [0, 0.1) is 23.7 Å². The Balaban J connectivity index is 1.28. The number of rotatable bonds is 7. The molecule has 6 heteroatoms. The van der Waals surface area contributed by atoms with Crippen LogP contribution in [0.25, 0.3) is 10.8 Å². The van der Waals surface area contributed by atoms with Gasteiger partial charge in [0.15, 0.2) is 5.96 Å². The first-order valence-corrected chi connectivity index (χ1v) is 14.8. The number of amides is 1. The number of ether oxygens (including phenoxy) is 1. The van der Waals surface area contributed by atoms with Gasteiger partial charge in [-0.1, -0.05) is 61.1 Å². The number of carbonyl (C=O) groups excluding carboxylic acids is 1. The zero-order valence-corrected chi connectivity index (χ0v) is 22.9. The zero-order chi connectivity index (χ0) is 26.8. The van der Waals surface area contributed by atoms with Gasteiger partial charge >= 0.3 is 0 Å². The lowest BCUT2D eigenvalue weighted by Gasteiger charge is -2.42. The molecular weight excluding hydrogens is 484 g/mol. The van der Waals surface area contributed by atoms with Crippen molar-refractivity contribution in [3.63, 3.8) is 0 Å². The van der Waals surface area contributed by atoms with Crippen LogP contribution in [0.4, 0.5) is 0 Å². The maximum absolute atomic E-state index is 14.3. The summed E-state index contributed by atoms with van der Waals surface area (Å²) in [7, 11) is 0. The van der Waals surface area contributed by atoms with E-state index < -0.39 is 0 Å². The van der Waals surface area contributed by atoms with E-state index >= 15 is 0 Å². The van der Waals surface area contributed by atoms with Crippen molar-refractivity contribution in [2.45, 2.75) is 63.1 Å². The van der Waals surface area contributed by atoms with Gasteiger partial charge in [0.05, 0.1) is 18.2 Å². The SMILES string of the molecule is NC(N)=NCC1CCCC(CN(CC23CC=CCC2C2CC=CCC2O3)C(=O)c2ccc3ccccc3c2)C1. The number of hydrogen-bond acceptors (Lipinski definition) is 3. The van der Waals surface area contributed by atoms with Crippen LogP contribution >= 0.6 is 0 Å². The second-order valence-electron chi connectivity index (χ2n) is 12.3. The van der Waals surface area contributed by atoms with E-state index in [0.717, 1.165) is 74.2 Å². The van der Waals surface area contributed by atoms with Gasteiger partial charge in [-0.15, -0.1) is 0 Å². The molecule has 3 aliphatic carbocycles. The molecule has 6 rings (SSSR count). The van der Waals surface area contributed by atoms with Crippen molar-refractivity contribution in [2.75, 3.05) is 19.6 Å². The number of fused-ring (bicyclic) bond motifs is 4. The molecule has 4 aliphatic rings. The fourth-order valence-corrected chi connectivity index (χ4v) is 7.81. The monoisotopic (exact) mass is 526 g/mol. The van der Waals surface area contributed by atoms with Crippen molar-refractivity contribution < 1.29 is 9.53 Å². The van der Waals surface area contributed by atoms with Crippen molar-refractivity contribution in [1.82, 2.24) is 4.90 Å². The highest BCUT2D eigenvalue weighted by molar-refractivity contribution is 5.98. The highest BCUT2D eigenvalue weighted by Gasteiger charge is 2.55. The van der Waals surface area contributed by atoms with Gasteiger partial charge in [-0.2, -0.15) is 0 Å². The van der Waals surface area contributed by atoms with Crippen LogP contribution < -0.4 is 11.5 Å². The van der Waals surface area contributed by atoms with Gasteiger partial charge in [-0.05, 0) is 91.5 Å². The van der Waals surface area contributed by atoms with Crippen LogP contribution in [-0.4, -0.2) is 48.1 Å². The van der Waals surface area contributed by atoms with E-state index in [1.54, 1.807) is 0 Å². The van der Waals surface area contributed by atoms with E-state index in [0.29, 0.717) is 36.8 Å². The summed E-state index contributed by atoms with van der Waals surface area (Å²) in [6, 6.07) is 14.4. The summed E-state index contributed by atoms with van der Waals surface area (Å²) in [5.41, 5.74) is 11.7. The minimum atomic E-state index is -0.311. The van der Waals surface area contributed by atoms with Crippen molar-refractivity contribution >= 4 is 22.6 Å². The molecule has 6 unspecified atom stereocenters. The van der Waals surface area contributed by atoms with Gasteiger partial charge < -0.3 is 21.1 Å². The third-order valence-corrected chi connectivity index (χ3v) is 9.66.